The minimum Gasteiger partial charge on any atom is -0.465 e. The maximum atomic E-state index is 5.23. The van der Waals surface area contributed by atoms with Crippen molar-refractivity contribution in [1.82, 2.24) is 10.2 Å². The second-order valence-electron chi connectivity index (χ2n) is 3.82. The minimum atomic E-state index is 0.933. The monoisotopic (exact) mass is 206 g/mol. The van der Waals surface area contributed by atoms with Crippen LogP contribution >= 0.6 is 0 Å². The number of nitrogens with one attached hydrogen (secondary N) is 1. The van der Waals surface area contributed by atoms with Gasteiger partial charge < -0.3 is 9.73 Å². The molecule has 0 spiro atoms. The topological polar surface area (TPSA) is 28.4 Å². The summed E-state index contributed by atoms with van der Waals surface area (Å²) in [4.78, 5) is 2.46. The third-order valence-electron chi connectivity index (χ3n) is 2.62. The number of hydrogen-bond donors (Lipinski definition) is 1. The van der Waals surface area contributed by atoms with E-state index in [0.29, 0.717) is 0 Å². The predicted molar refractivity (Wildman–Crippen MR) is 61.7 cm³/mol. The Balaban J connectivity index is 1.76. The van der Waals surface area contributed by atoms with Crippen molar-refractivity contribution in [2.24, 2.45) is 0 Å². The lowest BCUT2D eigenvalue weighted by Gasteiger charge is -2.16. The largest absolute Gasteiger partial charge is 0.465 e. The summed E-state index contributed by atoms with van der Waals surface area (Å²) in [5, 5.41) is 3.40. The van der Waals surface area contributed by atoms with E-state index in [1.165, 1.54) is 13.0 Å². The molecule has 1 fully saturated rings. The van der Waals surface area contributed by atoms with Crippen molar-refractivity contribution in [2.75, 3.05) is 32.7 Å². The molecule has 1 aromatic heterocycles. The average molecular weight is 206 g/mol. The lowest BCUT2D eigenvalue weighted by molar-refractivity contribution is 0.324. The molecule has 1 saturated heterocycles. The summed E-state index contributed by atoms with van der Waals surface area (Å²) in [5.41, 5.74) is 0. The summed E-state index contributed by atoms with van der Waals surface area (Å²) >= 11 is 0. The van der Waals surface area contributed by atoms with E-state index in [2.05, 4.69) is 16.3 Å². The number of hydrogen-bond acceptors (Lipinski definition) is 3. The first-order valence-electron chi connectivity index (χ1n) is 5.58. The molecule has 0 radical (unpaired) electrons. The Hall–Kier alpha value is -1.06. The normalized spacial score (nSPS) is 19.5. The first kappa shape index (κ1) is 10.5. The van der Waals surface area contributed by atoms with Crippen molar-refractivity contribution in [3.8, 4) is 0 Å². The molecule has 0 atom stereocenters. The molecule has 1 aromatic rings. The Bertz CT molecular complexity index is 285. The molecule has 0 bridgehead atoms. The van der Waals surface area contributed by atoms with Crippen molar-refractivity contribution in [3.63, 3.8) is 0 Å². The van der Waals surface area contributed by atoms with Crippen LogP contribution in [0.1, 0.15) is 12.2 Å². The second-order valence-corrected chi connectivity index (χ2v) is 3.82. The standard InChI is InChI=1S/C12H18N2O/c1(4-12-5-2-11-15-12)8-14-9-3-6-13-7-10-14/h1-2,4-5,11,13H,3,6-10H2/b4-1+. The molecule has 0 amide bonds. The van der Waals surface area contributed by atoms with Gasteiger partial charge in [-0.2, -0.15) is 0 Å². The highest BCUT2D eigenvalue weighted by Crippen LogP contribution is 2.03. The van der Waals surface area contributed by atoms with Gasteiger partial charge in [0, 0.05) is 19.6 Å². The van der Waals surface area contributed by atoms with Crippen LogP contribution in [0.2, 0.25) is 0 Å². The number of rotatable bonds is 3. The van der Waals surface area contributed by atoms with Gasteiger partial charge in [-0.15, -0.1) is 0 Å². The smallest absolute Gasteiger partial charge is 0.126 e. The second kappa shape index (κ2) is 5.73. The van der Waals surface area contributed by atoms with Gasteiger partial charge in [0.1, 0.15) is 5.76 Å². The maximum absolute atomic E-state index is 5.23. The van der Waals surface area contributed by atoms with Crippen LogP contribution < -0.4 is 5.32 Å². The van der Waals surface area contributed by atoms with Crippen molar-refractivity contribution in [3.05, 3.63) is 30.2 Å². The fourth-order valence-electron chi connectivity index (χ4n) is 1.79. The zero-order valence-electron chi connectivity index (χ0n) is 8.98. The van der Waals surface area contributed by atoms with E-state index >= 15 is 0 Å². The molecule has 0 aromatic carbocycles. The van der Waals surface area contributed by atoms with Crippen molar-refractivity contribution in [2.45, 2.75) is 6.42 Å². The van der Waals surface area contributed by atoms with Crippen LogP contribution in [-0.4, -0.2) is 37.6 Å². The average Bonchev–Trinajstić information content (AvgIpc) is 2.62. The molecular weight excluding hydrogens is 188 g/mol. The van der Waals surface area contributed by atoms with Crippen molar-refractivity contribution in [1.29, 1.82) is 0 Å². The summed E-state index contributed by atoms with van der Waals surface area (Å²) in [6.07, 6.45) is 7.16. The molecule has 15 heavy (non-hydrogen) atoms. The number of nitrogens with zero attached hydrogens (tertiary/aromatic N) is 1. The lowest BCUT2D eigenvalue weighted by atomic mass is 10.3. The van der Waals surface area contributed by atoms with Crippen LogP contribution in [0.25, 0.3) is 6.08 Å². The van der Waals surface area contributed by atoms with Gasteiger partial charge in [0.05, 0.1) is 6.26 Å². The summed E-state index contributed by atoms with van der Waals surface area (Å²) in [6, 6.07) is 3.88. The molecule has 3 nitrogen and oxygen atoms in total. The summed E-state index contributed by atoms with van der Waals surface area (Å²) in [6.45, 7) is 5.60. The molecule has 82 valence electrons. The molecule has 1 N–H and O–H groups in total. The molecule has 2 heterocycles. The fourth-order valence-corrected chi connectivity index (χ4v) is 1.79. The molecule has 0 unspecified atom stereocenters. The number of furan rings is 1. The molecule has 2 rings (SSSR count). The first-order valence-corrected chi connectivity index (χ1v) is 5.58. The van der Waals surface area contributed by atoms with E-state index in [9.17, 15) is 0 Å². The Kier molecular flexibility index (Phi) is 4.00. The lowest BCUT2D eigenvalue weighted by Crippen LogP contribution is -2.28. The van der Waals surface area contributed by atoms with E-state index in [4.69, 9.17) is 4.42 Å². The van der Waals surface area contributed by atoms with Gasteiger partial charge in [-0.3, -0.25) is 4.90 Å². The van der Waals surface area contributed by atoms with Gasteiger partial charge >= 0.3 is 0 Å². The molecule has 1 aliphatic rings. The maximum Gasteiger partial charge on any atom is 0.126 e. The van der Waals surface area contributed by atoms with Crippen LogP contribution in [0.15, 0.2) is 28.9 Å². The van der Waals surface area contributed by atoms with Gasteiger partial charge in [0.15, 0.2) is 0 Å². The van der Waals surface area contributed by atoms with Gasteiger partial charge in [0.25, 0.3) is 0 Å². The van der Waals surface area contributed by atoms with E-state index in [1.807, 2.05) is 18.2 Å². The SMILES string of the molecule is C(=C\c1ccco1)/CN1CCCNCC1. The molecular formula is C12H18N2O. The third kappa shape index (κ3) is 3.53. The fraction of sp³-hybridized carbons (Fsp3) is 0.500. The molecule has 0 aliphatic carbocycles. The van der Waals surface area contributed by atoms with E-state index in [-0.39, 0.29) is 0 Å². The zero-order valence-corrected chi connectivity index (χ0v) is 8.98. The van der Waals surface area contributed by atoms with Crippen LogP contribution in [-0.2, 0) is 0 Å². The van der Waals surface area contributed by atoms with Crippen LogP contribution in [0.4, 0.5) is 0 Å². The van der Waals surface area contributed by atoms with Crippen LogP contribution in [0, 0.1) is 0 Å². The minimum absolute atomic E-state index is 0.933. The van der Waals surface area contributed by atoms with Gasteiger partial charge in [0.2, 0.25) is 0 Å². The summed E-state index contributed by atoms with van der Waals surface area (Å²) in [5.74, 6) is 0.933. The van der Waals surface area contributed by atoms with E-state index in [0.717, 1.165) is 31.9 Å². The highest BCUT2D eigenvalue weighted by atomic mass is 16.3. The molecule has 3 heteroatoms. The predicted octanol–water partition coefficient (Wildman–Crippen LogP) is 1.59. The van der Waals surface area contributed by atoms with Crippen molar-refractivity contribution >= 4 is 6.08 Å². The summed E-state index contributed by atoms with van der Waals surface area (Å²) < 4.78 is 5.23. The first-order chi connectivity index (χ1) is 7.45. The molecule has 1 aliphatic heterocycles. The Morgan fingerprint density at radius 2 is 2.40 bits per heavy atom. The molecule has 0 saturated carbocycles. The van der Waals surface area contributed by atoms with Gasteiger partial charge in [-0.05, 0) is 37.7 Å². The highest BCUT2D eigenvalue weighted by Gasteiger charge is 2.05. The zero-order chi connectivity index (χ0) is 10.3. The third-order valence-corrected chi connectivity index (χ3v) is 2.62. The quantitative estimate of drug-likeness (QED) is 0.814. The Labute approximate surface area is 90.8 Å². The Morgan fingerprint density at radius 1 is 1.40 bits per heavy atom. The van der Waals surface area contributed by atoms with Gasteiger partial charge in [-0.25, -0.2) is 0 Å². The van der Waals surface area contributed by atoms with E-state index in [1.54, 1.807) is 6.26 Å². The van der Waals surface area contributed by atoms with Gasteiger partial charge in [-0.1, -0.05) is 6.08 Å². The van der Waals surface area contributed by atoms with E-state index < -0.39 is 0 Å². The Morgan fingerprint density at radius 3 is 3.27 bits per heavy atom. The van der Waals surface area contributed by atoms with Crippen molar-refractivity contribution < 1.29 is 4.42 Å². The van der Waals surface area contributed by atoms with Crippen LogP contribution in [0.5, 0.6) is 0 Å². The van der Waals surface area contributed by atoms with Crippen LogP contribution in [0.3, 0.4) is 0 Å². The highest BCUT2D eigenvalue weighted by molar-refractivity contribution is 5.42. The summed E-state index contributed by atoms with van der Waals surface area (Å²) in [7, 11) is 0.